The van der Waals surface area contributed by atoms with E-state index in [1.807, 2.05) is 13.1 Å². The van der Waals surface area contributed by atoms with Gasteiger partial charge in [-0.1, -0.05) is 20.8 Å². The molecular formula is C13H17N5OS. The van der Waals surface area contributed by atoms with Crippen LogP contribution in [0.1, 0.15) is 26.6 Å². The molecule has 6 nitrogen and oxygen atoms in total. The van der Waals surface area contributed by atoms with Crippen molar-refractivity contribution in [2.75, 3.05) is 12.4 Å². The Hall–Kier alpha value is -1.89. The maximum Gasteiger partial charge on any atom is 0.251 e. The van der Waals surface area contributed by atoms with E-state index in [9.17, 15) is 4.79 Å². The van der Waals surface area contributed by atoms with Crippen LogP contribution in [0, 0.1) is 0 Å². The number of nitrogens with zero attached hydrogens (tertiary/aromatic N) is 3. The van der Waals surface area contributed by atoms with E-state index in [0.29, 0.717) is 5.16 Å². The lowest BCUT2D eigenvalue weighted by molar-refractivity contribution is 0.539. The average molecular weight is 291 g/mol. The molecule has 0 aliphatic heterocycles. The second kappa shape index (κ2) is 5.62. The number of aromatic nitrogens is 4. The van der Waals surface area contributed by atoms with Crippen LogP contribution in [0.3, 0.4) is 0 Å². The summed E-state index contributed by atoms with van der Waals surface area (Å²) in [5.41, 5.74) is -0.332. The first-order chi connectivity index (χ1) is 9.38. The molecule has 0 radical (unpaired) electrons. The number of rotatable bonds is 3. The molecule has 0 fully saturated rings. The van der Waals surface area contributed by atoms with E-state index in [-0.39, 0.29) is 11.0 Å². The summed E-state index contributed by atoms with van der Waals surface area (Å²) in [5.74, 6) is 1.48. The van der Waals surface area contributed by atoms with Crippen molar-refractivity contribution >= 4 is 17.6 Å². The third kappa shape index (κ3) is 3.57. The predicted octanol–water partition coefficient (Wildman–Crippen LogP) is 2.05. The lowest BCUT2D eigenvalue weighted by atomic mass is 9.96. The molecule has 0 saturated heterocycles. The Morgan fingerprint density at radius 1 is 1.30 bits per heavy atom. The Morgan fingerprint density at radius 2 is 2.05 bits per heavy atom. The molecule has 0 atom stereocenters. The molecule has 2 heterocycles. The van der Waals surface area contributed by atoms with Crippen molar-refractivity contribution in [2.24, 2.45) is 0 Å². The van der Waals surface area contributed by atoms with Gasteiger partial charge in [0.25, 0.3) is 5.56 Å². The lowest BCUT2D eigenvalue weighted by Crippen LogP contribution is -2.17. The van der Waals surface area contributed by atoms with Gasteiger partial charge in [0, 0.05) is 30.8 Å². The normalized spacial score (nSPS) is 11.4. The van der Waals surface area contributed by atoms with Crippen LogP contribution in [-0.4, -0.2) is 27.0 Å². The fourth-order valence-electron chi connectivity index (χ4n) is 1.44. The zero-order valence-corrected chi connectivity index (χ0v) is 12.7. The molecule has 0 spiro atoms. The zero-order chi connectivity index (χ0) is 14.8. The summed E-state index contributed by atoms with van der Waals surface area (Å²) in [4.78, 5) is 27.0. The number of aromatic amines is 1. The molecule has 0 aromatic carbocycles. The van der Waals surface area contributed by atoms with Crippen molar-refractivity contribution in [1.29, 1.82) is 0 Å². The van der Waals surface area contributed by atoms with Gasteiger partial charge in [-0.25, -0.2) is 15.0 Å². The smallest absolute Gasteiger partial charge is 0.251 e. The van der Waals surface area contributed by atoms with E-state index in [1.165, 1.54) is 24.0 Å². The minimum absolute atomic E-state index is 0.153. The number of anilines is 1. The Balaban J connectivity index is 2.38. The van der Waals surface area contributed by atoms with Gasteiger partial charge < -0.3 is 10.3 Å². The molecule has 0 aliphatic rings. The molecule has 2 N–H and O–H groups in total. The maximum atomic E-state index is 11.3. The molecule has 0 bridgehead atoms. The van der Waals surface area contributed by atoms with Crippen molar-refractivity contribution in [3.8, 4) is 0 Å². The molecule has 7 heteroatoms. The van der Waals surface area contributed by atoms with Gasteiger partial charge in [-0.15, -0.1) is 0 Å². The second-order valence-electron chi connectivity index (χ2n) is 5.26. The molecule has 2 aromatic heterocycles. The highest BCUT2D eigenvalue weighted by atomic mass is 32.2. The Bertz CT molecular complexity index is 662. The fourth-order valence-corrected chi connectivity index (χ4v) is 2.21. The molecule has 106 valence electrons. The number of hydrogen-bond donors (Lipinski definition) is 2. The maximum absolute atomic E-state index is 11.3. The first kappa shape index (κ1) is 14.5. The van der Waals surface area contributed by atoms with Gasteiger partial charge in [0.05, 0.1) is 0 Å². The first-order valence-corrected chi connectivity index (χ1v) is 7.00. The number of hydrogen-bond acceptors (Lipinski definition) is 6. The van der Waals surface area contributed by atoms with E-state index in [0.717, 1.165) is 16.7 Å². The van der Waals surface area contributed by atoms with Crippen LogP contribution in [-0.2, 0) is 5.41 Å². The molecule has 20 heavy (non-hydrogen) atoms. The van der Waals surface area contributed by atoms with E-state index in [2.05, 4.69) is 46.0 Å². The van der Waals surface area contributed by atoms with Gasteiger partial charge in [0.2, 0.25) is 0 Å². The Labute approximate surface area is 121 Å². The highest BCUT2D eigenvalue weighted by Crippen LogP contribution is 2.27. The topological polar surface area (TPSA) is 83.6 Å². The van der Waals surface area contributed by atoms with Crippen LogP contribution in [0.15, 0.2) is 33.3 Å². The third-order valence-corrected chi connectivity index (χ3v) is 3.30. The molecule has 0 amide bonds. The van der Waals surface area contributed by atoms with Gasteiger partial charge in [-0.2, -0.15) is 0 Å². The van der Waals surface area contributed by atoms with Crippen molar-refractivity contribution in [3.05, 3.63) is 34.5 Å². The Morgan fingerprint density at radius 3 is 2.65 bits per heavy atom. The SMILES string of the molecule is CNc1cc(Sc2nccc(=O)[nH]2)nc(C(C)(C)C)n1. The quantitative estimate of drug-likeness (QED) is 0.665. The molecule has 0 unspecified atom stereocenters. The van der Waals surface area contributed by atoms with E-state index < -0.39 is 0 Å². The number of nitrogens with one attached hydrogen (secondary N) is 2. The molecule has 0 aliphatic carbocycles. The highest BCUT2D eigenvalue weighted by Gasteiger charge is 2.19. The minimum atomic E-state index is -0.179. The summed E-state index contributed by atoms with van der Waals surface area (Å²) < 4.78 is 0. The molecule has 2 rings (SSSR count). The fraction of sp³-hybridized carbons (Fsp3) is 0.385. The predicted molar refractivity (Wildman–Crippen MR) is 79.3 cm³/mol. The first-order valence-electron chi connectivity index (χ1n) is 6.19. The lowest BCUT2D eigenvalue weighted by Gasteiger charge is -2.18. The second-order valence-corrected chi connectivity index (χ2v) is 6.27. The van der Waals surface area contributed by atoms with Crippen molar-refractivity contribution < 1.29 is 0 Å². The summed E-state index contributed by atoms with van der Waals surface area (Å²) in [7, 11) is 1.81. The summed E-state index contributed by atoms with van der Waals surface area (Å²) in [6.45, 7) is 6.16. The van der Waals surface area contributed by atoms with Crippen LogP contribution in [0.2, 0.25) is 0 Å². The van der Waals surface area contributed by atoms with E-state index in [4.69, 9.17) is 0 Å². The van der Waals surface area contributed by atoms with Crippen LogP contribution >= 0.6 is 11.8 Å². The van der Waals surface area contributed by atoms with Crippen LogP contribution in [0.25, 0.3) is 0 Å². The summed E-state index contributed by atoms with van der Waals surface area (Å²) in [6, 6.07) is 3.20. The van der Waals surface area contributed by atoms with Gasteiger partial charge in [-0.3, -0.25) is 4.79 Å². The summed E-state index contributed by atoms with van der Waals surface area (Å²) in [6.07, 6.45) is 1.48. The minimum Gasteiger partial charge on any atom is -0.373 e. The van der Waals surface area contributed by atoms with Gasteiger partial charge in [0.15, 0.2) is 5.16 Å². The largest absolute Gasteiger partial charge is 0.373 e. The molecule has 0 saturated carbocycles. The van der Waals surface area contributed by atoms with Crippen LogP contribution < -0.4 is 10.9 Å². The summed E-state index contributed by atoms with van der Waals surface area (Å²) >= 11 is 1.30. The van der Waals surface area contributed by atoms with Gasteiger partial charge >= 0.3 is 0 Å². The molecular weight excluding hydrogens is 274 g/mol. The van der Waals surface area contributed by atoms with Crippen molar-refractivity contribution in [3.63, 3.8) is 0 Å². The third-order valence-electron chi connectivity index (χ3n) is 2.48. The van der Waals surface area contributed by atoms with Crippen molar-refractivity contribution in [2.45, 2.75) is 36.4 Å². The van der Waals surface area contributed by atoms with Crippen molar-refractivity contribution in [1.82, 2.24) is 19.9 Å². The van der Waals surface area contributed by atoms with E-state index in [1.54, 1.807) is 0 Å². The molecule has 2 aromatic rings. The zero-order valence-electron chi connectivity index (χ0n) is 11.9. The van der Waals surface area contributed by atoms with Crippen LogP contribution in [0.5, 0.6) is 0 Å². The summed E-state index contributed by atoms with van der Waals surface area (Å²) in [5, 5.41) is 4.27. The Kier molecular flexibility index (Phi) is 4.08. The van der Waals surface area contributed by atoms with Gasteiger partial charge in [-0.05, 0) is 11.8 Å². The van der Waals surface area contributed by atoms with E-state index >= 15 is 0 Å². The monoisotopic (exact) mass is 291 g/mol. The van der Waals surface area contributed by atoms with Crippen LogP contribution in [0.4, 0.5) is 5.82 Å². The average Bonchev–Trinajstić information content (AvgIpc) is 2.37. The number of H-pyrrole nitrogens is 1. The highest BCUT2D eigenvalue weighted by molar-refractivity contribution is 7.99. The van der Waals surface area contributed by atoms with Gasteiger partial charge in [0.1, 0.15) is 16.7 Å². The standard InChI is InChI=1S/C13H17N5OS/c1-13(2,3)11-16-8(14-4)7-10(18-11)20-12-15-6-5-9(19)17-12/h5-7H,1-4H3,(H,14,16,18)(H,15,17,19).